The highest BCUT2D eigenvalue weighted by atomic mass is 32.2. The first-order chi connectivity index (χ1) is 13.1. The molecule has 0 bridgehead atoms. The van der Waals surface area contributed by atoms with E-state index in [2.05, 4.69) is 12.0 Å². The fraction of sp³-hybridized carbons (Fsp3) is 0.0952. The summed E-state index contributed by atoms with van der Waals surface area (Å²) in [5.41, 5.74) is 8.31. The van der Waals surface area contributed by atoms with Gasteiger partial charge in [0.25, 0.3) is 5.91 Å². The lowest BCUT2D eigenvalue weighted by Crippen LogP contribution is -2.12. The highest BCUT2D eigenvalue weighted by molar-refractivity contribution is 7.99. The fourth-order valence-corrected chi connectivity index (χ4v) is 3.28. The van der Waals surface area contributed by atoms with E-state index in [4.69, 9.17) is 5.73 Å². The first-order valence-corrected chi connectivity index (χ1v) is 9.41. The minimum atomic E-state index is -0.759. The summed E-state index contributed by atoms with van der Waals surface area (Å²) >= 11 is 1.76. The van der Waals surface area contributed by atoms with Gasteiger partial charge in [0.05, 0.1) is 11.4 Å². The number of carbonyl (C=O) groups is 1. The Morgan fingerprint density at radius 1 is 1.22 bits per heavy atom. The van der Waals surface area contributed by atoms with E-state index in [0.29, 0.717) is 11.3 Å². The van der Waals surface area contributed by atoms with Gasteiger partial charge in [0.15, 0.2) is 0 Å². The Morgan fingerprint density at radius 3 is 2.52 bits per heavy atom. The molecule has 0 aliphatic rings. The molecule has 0 fully saturated rings. The van der Waals surface area contributed by atoms with Crippen LogP contribution in [0.25, 0.3) is 23.0 Å². The van der Waals surface area contributed by atoms with Crippen molar-refractivity contribution in [2.45, 2.75) is 11.8 Å². The summed E-state index contributed by atoms with van der Waals surface area (Å²) in [5.74, 6) is 0.241. The number of rotatable bonds is 6. The number of thioether (sulfide) groups is 1. The van der Waals surface area contributed by atoms with E-state index in [9.17, 15) is 10.1 Å². The summed E-state index contributed by atoms with van der Waals surface area (Å²) in [6, 6.07) is 19.6. The Morgan fingerprint density at radius 2 is 1.93 bits per heavy atom. The van der Waals surface area contributed by atoms with Crippen molar-refractivity contribution in [3.8, 4) is 23.0 Å². The number of nitrogens with zero attached hydrogens (tertiary/aromatic N) is 3. The maximum atomic E-state index is 11.5. The van der Waals surface area contributed by atoms with Crippen LogP contribution in [0.4, 0.5) is 0 Å². The van der Waals surface area contributed by atoms with E-state index in [1.165, 1.54) is 11.0 Å². The molecule has 0 spiro atoms. The predicted molar refractivity (Wildman–Crippen MR) is 108 cm³/mol. The maximum absolute atomic E-state index is 11.5. The molecule has 1 amide bonds. The van der Waals surface area contributed by atoms with Crippen LogP contribution in [0.3, 0.4) is 0 Å². The number of amides is 1. The minimum Gasteiger partial charge on any atom is -0.365 e. The van der Waals surface area contributed by atoms with Crippen LogP contribution in [0.5, 0.6) is 0 Å². The molecule has 0 saturated heterocycles. The second-order valence-electron chi connectivity index (χ2n) is 5.70. The van der Waals surface area contributed by atoms with E-state index in [-0.39, 0.29) is 5.57 Å². The Balaban J connectivity index is 2.11. The standard InChI is InChI=1S/C21H18N4OS/c1-2-27-19-10-8-15(9-11-19)20-17(12-16(13-22)21(23)26)14-25(24-20)18-6-4-3-5-7-18/h3-12,14H,2H2,1H3,(H2,23,26)/b16-12+. The Kier molecular flexibility index (Phi) is 5.74. The monoisotopic (exact) mass is 374 g/mol. The van der Waals surface area contributed by atoms with E-state index < -0.39 is 5.91 Å². The first-order valence-electron chi connectivity index (χ1n) is 8.42. The molecule has 134 valence electrons. The molecule has 5 nitrogen and oxygen atoms in total. The Bertz CT molecular complexity index is 1010. The zero-order chi connectivity index (χ0) is 19.2. The van der Waals surface area contributed by atoms with Gasteiger partial charge in [-0.15, -0.1) is 11.8 Å². The number of hydrogen-bond donors (Lipinski definition) is 1. The molecule has 6 heteroatoms. The number of nitriles is 1. The normalized spacial score (nSPS) is 11.2. The number of hydrogen-bond acceptors (Lipinski definition) is 4. The summed E-state index contributed by atoms with van der Waals surface area (Å²) in [5, 5.41) is 13.9. The molecule has 3 rings (SSSR count). The molecule has 2 aromatic carbocycles. The SMILES string of the molecule is CCSc1ccc(-c2nn(-c3ccccc3)cc2/C=C(\C#N)C(N)=O)cc1. The van der Waals surface area contributed by atoms with Crippen molar-refractivity contribution in [1.29, 1.82) is 5.26 Å². The lowest BCUT2D eigenvalue weighted by atomic mass is 10.1. The van der Waals surface area contributed by atoms with Crippen molar-refractivity contribution in [3.05, 3.63) is 71.9 Å². The van der Waals surface area contributed by atoms with Gasteiger partial charge in [0.2, 0.25) is 0 Å². The molecular formula is C21H18N4OS. The van der Waals surface area contributed by atoms with Crippen LogP contribution >= 0.6 is 11.8 Å². The molecule has 0 radical (unpaired) electrons. The average molecular weight is 374 g/mol. The third-order valence-electron chi connectivity index (χ3n) is 3.89. The largest absolute Gasteiger partial charge is 0.365 e. The van der Waals surface area contributed by atoms with Crippen LogP contribution in [-0.4, -0.2) is 21.4 Å². The summed E-state index contributed by atoms with van der Waals surface area (Å²) in [4.78, 5) is 12.7. The van der Waals surface area contributed by atoms with Crippen LogP contribution in [0.1, 0.15) is 12.5 Å². The molecule has 3 aromatic rings. The zero-order valence-electron chi connectivity index (χ0n) is 14.8. The maximum Gasteiger partial charge on any atom is 0.259 e. The number of benzene rings is 2. The third kappa shape index (κ3) is 4.27. The molecule has 0 aliphatic carbocycles. The van der Waals surface area contributed by atoms with Gasteiger partial charge in [0.1, 0.15) is 11.6 Å². The number of para-hydroxylation sites is 1. The van der Waals surface area contributed by atoms with Crippen molar-refractivity contribution in [3.63, 3.8) is 0 Å². The van der Waals surface area contributed by atoms with Crippen molar-refractivity contribution in [1.82, 2.24) is 9.78 Å². The third-order valence-corrected chi connectivity index (χ3v) is 4.78. The van der Waals surface area contributed by atoms with Gasteiger partial charge in [-0.25, -0.2) is 4.68 Å². The molecule has 1 heterocycles. The number of nitrogens with two attached hydrogens (primary N) is 1. The molecule has 0 unspecified atom stereocenters. The number of aromatic nitrogens is 2. The van der Waals surface area contributed by atoms with Crippen molar-refractivity contribution in [2.75, 3.05) is 5.75 Å². The topological polar surface area (TPSA) is 84.7 Å². The summed E-state index contributed by atoms with van der Waals surface area (Å²) in [6.07, 6.45) is 3.28. The number of carbonyl (C=O) groups excluding carboxylic acids is 1. The van der Waals surface area contributed by atoms with Crippen molar-refractivity contribution >= 4 is 23.7 Å². The summed E-state index contributed by atoms with van der Waals surface area (Å²) in [6.45, 7) is 2.11. The van der Waals surface area contributed by atoms with E-state index >= 15 is 0 Å². The van der Waals surface area contributed by atoms with E-state index in [1.54, 1.807) is 22.6 Å². The van der Waals surface area contributed by atoms with Crippen LogP contribution in [-0.2, 0) is 4.79 Å². The molecule has 27 heavy (non-hydrogen) atoms. The van der Waals surface area contributed by atoms with Gasteiger partial charge in [-0.2, -0.15) is 10.4 Å². The second-order valence-corrected chi connectivity index (χ2v) is 7.04. The quantitative estimate of drug-likeness (QED) is 0.401. The Hall–Kier alpha value is -3.30. The van der Waals surface area contributed by atoms with Gasteiger partial charge in [-0.3, -0.25) is 4.79 Å². The summed E-state index contributed by atoms with van der Waals surface area (Å²) in [7, 11) is 0. The lowest BCUT2D eigenvalue weighted by Gasteiger charge is -2.03. The smallest absolute Gasteiger partial charge is 0.259 e. The van der Waals surface area contributed by atoms with Gasteiger partial charge in [-0.1, -0.05) is 37.3 Å². The molecule has 1 aromatic heterocycles. The Labute approximate surface area is 162 Å². The van der Waals surface area contributed by atoms with Crippen LogP contribution in [0.15, 0.2) is 71.3 Å². The first kappa shape index (κ1) is 18.5. The minimum absolute atomic E-state index is 0.109. The van der Waals surface area contributed by atoms with Crippen LogP contribution in [0, 0.1) is 11.3 Å². The average Bonchev–Trinajstić information content (AvgIpc) is 3.11. The van der Waals surface area contributed by atoms with Gasteiger partial charge < -0.3 is 5.73 Å². The van der Waals surface area contributed by atoms with Gasteiger partial charge >= 0.3 is 0 Å². The fourth-order valence-electron chi connectivity index (χ4n) is 2.62. The van der Waals surface area contributed by atoms with E-state index in [0.717, 1.165) is 17.0 Å². The zero-order valence-corrected chi connectivity index (χ0v) is 15.6. The van der Waals surface area contributed by atoms with Gasteiger partial charge in [-0.05, 0) is 36.1 Å². The second kappa shape index (κ2) is 8.39. The highest BCUT2D eigenvalue weighted by Gasteiger charge is 2.13. The molecule has 0 atom stereocenters. The molecule has 0 saturated carbocycles. The molecule has 2 N–H and O–H groups in total. The molecule has 0 aliphatic heterocycles. The van der Waals surface area contributed by atoms with E-state index in [1.807, 2.05) is 60.7 Å². The number of primary amides is 1. The highest BCUT2D eigenvalue weighted by Crippen LogP contribution is 2.28. The lowest BCUT2D eigenvalue weighted by molar-refractivity contribution is -0.114. The van der Waals surface area contributed by atoms with Crippen molar-refractivity contribution in [2.24, 2.45) is 5.73 Å². The van der Waals surface area contributed by atoms with Crippen LogP contribution in [0.2, 0.25) is 0 Å². The summed E-state index contributed by atoms with van der Waals surface area (Å²) < 4.78 is 1.73. The van der Waals surface area contributed by atoms with Gasteiger partial charge in [0, 0.05) is 22.2 Å². The molecular weight excluding hydrogens is 356 g/mol. The van der Waals surface area contributed by atoms with Crippen molar-refractivity contribution < 1.29 is 4.79 Å². The van der Waals surface area contributed by atoms with Crippen LogP contribution < -0.4 is 5.73 Å². The predicted octanol–water partition coefficient (Wildman–Crippen LogP) is 4.04.